The van der Waals surface area contributed by atoms with E-state index in [1.54, 1.807) is 13.3 Å². The van der Waals surface area contributed by atoms with Crippen LogP contribution in [0.5, 0.6) is 5.88 Å². The Bertz CT molecular complexity index is 1970. The Morgan fingerprint density at radius 2 is 1.77 bits per heavy atom. The molecular formula is C37H38Cl2N6O3. The Morgan fingerprint density at radius 3 is 2.54 bits per heavy atom. The van der Waals surface area contributed by atoms with Gasteiger partial charge in [0.1, 0.15) is 0 Å². The summed E-state index contributed by atoms with van der Waals surface area (Å²) in [6.07, 6.45) is 6.81. The molecule has 2 aliphatic rings. The van der Waals surface area contributed by atoms with Gasteiger partial charge in [-0.15, -0.1) is 0 Å². The van der Waals surface area contributed by atoms with Crippen LogP contribution in [0.15, 0.2) is 67.0 Å². The quantitative estimate of drug-likeness (QED) is 0.137. The SMILES string of the molecule is COc1nc(-c2cccc(-c3ccnc(-c4ccc5c(CNCC6CCO6)cn(C)c5c4)c3Cl)c2Cl)ccc1CNCC1CCC(=O)N1. The lowest BCUT2D eigenvalue weighted by Crippen LogP contribution is -2.36. The van der Waals surface area contributed by atoms with Crippen molar-refractivity contribution in [3.63, 3.8) is 0 Å². The summed E-state index contributed by atoms with van der Waals surface area (Å²) in [6, 6.07) is 18.2. The number of aryl methyl sites for hydroxylation is 1. The van der Waals surface area contributed by atoms with Crippen LogP contribution in [0.25, 0.3) is 44.5 Å². The van der Waals surface area contributed by atoms with Gasteiger partial charge in [-0.05, 0) is 36.6 Å². The second kappa shape index (κ2) is 14.2. The molecule has 0 radical (unpaired) electrons. The van der Waals surface area contributed by atoms with Crippen molar-refractivity contribution in [1.29, 1.82) is 0 Å². The lowest BCUT2D eigenvalue weighted by molar-refractivity contribution is -0.119. The van der Waals surface area contributed by atoms with Gasteiger partial charge in [0.05, 0.1) is 34.6 Å². The number of fused-ring (bicyclic) bond motifs is 1. The molecule has 248 valence electrons. The molecule has 11 heteroatoms. The highest BCUT2D eigenvalue weighted by molar-refractivity contribution is 6.39. The van der Waals surface area contributed by atoms with Gasteiger partial charge in [-0.25, -0.2) is 4.98 Å². The standard InChI is InChI=1S/C37H38Cl2N6O3/c1-45-21-24(18-41-20-26-13-15-48-26)27-9-6-22(16-32(27)45)36-35(39)29(12-14-42-36)28-4-3-5-30(34(28)38)31-10-7-23(37(44-31)47-2)17-40-19-25-8-11-33(46)43-25/h3-7,9-10,12,14,16,21,25-26,40-41H,8,11,13,15,17-20H2,1-2H3,(H,43,46). The Labute approximate surface area is 290 Å². The molecule has 2 saturated heterocycles. The molecule has 48 heavy (non-hydrogen) atoms. The van der Waals surface area contributed by atoms with Crippen LogP contribution in [-0.2, 0) is 29.7 Å². The Hall–Kier alpha value is -3.99. The van der Waals surface area contributed by atoms with E-state index in [-0.39, 0.29) is 11.9 Å². The van der Waals surface area contributed by atoms with Gasteiger partial charge >= 0.3 is 0 Å². The molecule has 2 fully saturated rings. The molecule has 0 bridgehead atoms. The number of methoxy groups -OCH3 is 1. The maximum absolute atomic E-state index is 11.5. The number of hydrogen-bond donors (Lipinski definition) is 3. The molecule has 9 nitrogen and oxygen atoms in total. The fraction of sp³-hybridized carbons (Fsp3) is 0.324. The topological polar surface area (TPSA) is 102 Å². The van der Waals surface area contributed by atoms with E-state index in [0.717, 1.165) is 65.9 Å². The molecule has 2 unspecified atom stereocenters. The number of carbonyl (C=O) groups excluding carboxylic acids is 1. The minimum Gasteiger partial charge on any atom is -0.481 e. The van der Waals surface area contributed by atoms with Crippen molar-refractivity contribution in [2.75, 3.05) is 26.8 Å². The van der Waals surface area contributed by atoms with Crippen molar-refractivity contribution in [3.05, 3.63) is 88.2 Å². The number of hydrogen-bond acceptors (Lipinski definition) is 7. The fourth-order valence-corrected chi connectivity index (χ4v) is 7.15. The fourth-order valence-electron chi connectivity index (χ4n) is 6.50. The van der Waals surface area contributed by atoms with Gasteiger partial charge in [-0.3, -0.25) is 9.78 Å². The first-order valence-corrected chi connectivity index (χ1v) is 17.0. The highest BCUT2D eigenvalue weighted by Gasteiger charge is 2.22. The highest BCUT2D eigenvalue weighted by Crippen LogP contribution is 2.42. The molecule has 3 N–H and O–H groups in total. The number of aromatic nitrogens is 3. The normalized spacial score (nSPS) is 17.5. The van der Waals surface area contributed by atoms with Gasteiger partial charge in [0.25, 0.3) is 0 Å². The first-order chi connectivity index (χ1) is 23.4. The number of carbonyl (C=O) groups is 1. The Kier molecular flexibility index (Phi) is 9.66. The summed E-state index contributed by atoms with van der Waals surface area (Å²) in [7, 11) is 3.67. The van der Waals surface area contributed by atoms with Crippen molar-refractivity contribution < 1.29 is 14.3 Å². The first-order valence-electron chi connectivity index (χ1n) is 16.3. The van der Waals surface area contributed by atoms with E-state index < -0.39 is 0 Å². The van der Waals surface area contributed by atoms with Crippen LogP contribution < -0.4 is 20.7 Å². The van der Waals surface area contributed by atoms with Gasteiger partial charge < -0.3 is 30.0 Å². The number of ether oxygens (including phenoxy) is 2. The molecule has 7 rings (SSSR count). The maximum atomic E-state index is 11.5. The number of halogens is 2. The van der Waals surface area contributed by atoms with Crippen molar-refractivity contribution in [2.45, 2.75) is 44.5 Å². The zero-order valence-corrected chi connectivity index (χ0v) is 28.5. The van der Waals surface area contributed by atoms with Crippen LogP contribution in [0, 0.1) is 0 Å². The molecule has 0 aliphatic carbocycles. The minimum atomic E-state index is 0.107. The van der Waals surface area contributed by atoms with Crippen LogP contribution >= 0.6 is 23.2 Å². The Balaban J connectivity index is 1.12. The molecular weight excluding hydrogens is 647 g/mol. The molecule has 5 aromatic rings. The number of nitrogens with one attached hydrogen (secondary N) is 3. The van der Waals surface area contributed by atoms with Crippen molar-refractivity contribution >= 4 is 40.0 Å². The number of benzene rings is 2. The predicted molar refractivity (Wildman–Crippen MR) is 190 cm³/mol. The summed E-state index contributed by atoms with van der Waals surface area (Å²) in [4.78, 5) is 21.0. The number of amides is 1. The van der Waals surface area contributed by atoms with E-state index in [4.69, 9.17) is 42.6 Å². The van der Waals surface area contributed by atoms with Crippen LogP contribution in [0.3, 0.4) is 0 Å². The van der Waals surface area contributed by atoms with Crippen LogP contribution in [0.2, 0.25) is 10.0 Å². The van der Waals surface area contributed by atoms with Gasteiger partial charge in [-0.2, -0.15) is 0 Å². The Morgan fingerprint density at radius 1 is 0.979 bits per heavy atom. The van der Waals surface area contributed by atoms with Gasteiger partial charge in [0, 0.05) is 103 Å². The molecule has 2 aliphatic heterocycles. The number of pyridine rings is 2. The highest BCUT2D eigenvalue weighted by atomic mass is 35.5. The van der Waals surface area contributed by atoms with Crippen LogP contribution in [0.4, 0.5) is 0 Å². The lowest BCUT2D eigenvalue weighted by atomic mass is 9.99. The van der Waals surface area contributed by atoms with E-state index >= 15 is 0 Å². The van der Waals surface area contributed by atoms with Gasteiger partial charge in [0.2, 0.25) is 11.8 Å². The average molecular weight is 686 g/mol. The zero-order chi connectivity index (χ0) is 33.2. The lowest BCUT2D eigenvalue weighted by Gasteiger charge is -2.26. The summed E-state index contributed by atoms with van der Waals surface area (Å²) < 4.78 is 13.3. The molecule has 5 heterocycles. The molecule has 0 saturated carbocycles. The van der Waals surface area contributed by atoms with E-state index in [1.165, 1.54) is 10.9 Å². The number of nitrogens with zero attached hydrogens (tertiary/aromatic N) is 3. The van der Waals surface area contributed by atoms with Crippen LogP contribution in [0.1, 0.15) is 30.4 Å². The minimum absolute atomic E-state index is 0.107. The predicted octanol–water partition coefficient (Wildman–Crippen LogP) is 6.53. The van der Waals surface area contributed by atoms with E-state index in [2.05, 4.69) is 52.0 Å². The third-order valence-corrected chi connectivity index (χ3v) is 9.99. The largest absolute Gasteiger partial charge is 0.481 e. The third-order valence-electron chi connectivity index (χ3n) is 9.21. The third kappa shape index (κ3) is 6.66. The summed E-state index contributed by atoms with van der Waals surface area (Å²) >= 11 is 14.2. The zero-order valence-electron chi connectivity index (χ0n) is 27.0. The van der Waals surface area contributed by atoms with Gasteiger partial charge in [0.15, 0.2) is 0 Å². The first kappa shape index (κ1) is 32.6. The summed E-state index contributed by atoms with van der Waals surface area (Å²) in [5.74, 6) is 0.624. The second-order valence-corrected chi connectivity index (χ2v) is 13.2. The van der Waals surface area contributed by atoms with Crippen LogP contribution in [-0.4, -0.2) is 59.4 Å². The monoisotopic (exact) mass is 684 g/mol. The van der Waals surface area contributed by atoms with Crippen molar-refractivity contribution in [3.8, 4) is 39.5 Å². The molecule has 1 amide bonds. The van der Waals surface area contributed by atoms with E-state index in [9.17, 15) is 4.79 Å². The summed E-state index contributed by atoms with van der Waals surface area (Å²) in [6.45, 7) is 3.76. The summed E-state index contributed by atoms with van der Waals surface area (Å²) in [5.41, 5.74) is 7.92. The second-order valence-electron chi connectivity index (χ2n) is 12.4. The molecule has 3 aromatic heterocycles. The van der Waals surface area contributed by atoms with Gasteiger partial charge in [-0.1, -0.05) is 59.6 Å². The van der Waals surface area contributed by atoms with E-state index in [0.29, 0.717) is 52.9 Å². The smallest absolute Gasteiger partial charge is 0.220 e. The van der Waals surface area contributed by atoms with E-state index in [1.807, 2.05) is 36.4 Å². The summed E-state index contributed by atoms with van der Waals surface area (Å²) in [5, 5.41) is 12.2. The maximum Gasteiger partial charge on any atom is 0.220 e. The van der Waals surface area contributed by atoms with Crippen molar-refractivity contribution in [2.24, 2.45) is 7.05 Å². The number of rotatable bonds is 12. The molecule has 0 spiro atoms. The average Bonchev–Trinajstić information content (AvgIpc) is 3.64. The van der Waals surface area contributed by atoms with Crippen molar-refractivity contribution in [1.82, 2.24) is 30.5 Å². The molecule has 2 atom stereocenters. The molecule has 2 aromatic carbocycles.